The lowest BCUT2D eigenvalue weighted by atomic mass is 10.2. The lowest BCUT2D eigenvalue weighted by molar-refractivity contribution is -0.386. The topological polar surface area (TPSA) is 81.2 Å². The molecule has 1 aromatic rings. The Labute approximate surface area is 79.9 Å². The standard InChI is InChI=1S/C8H10FN3O2/c9-6-2-1-3-7(11-5-4-10)8(6)12(13)14/h1-3,11H,4-5,10H2. The SMILES string of the molecule is NCCNc1cccc(F)c1[N+](=O)[O-]. The average Bonchev–Trinajstić information content (AvgIpc) is 2.14. The van der Waals surface area contributed by atoms with Crippen LogP contribution < -0.4 is 11.1 Å². The lowest BCUT2D eigenvalue weighted by Gasteiger charge is -2.05. The summed E-state index contributed by atoms with van der Waals surface area (Å²) >= 11 is 0. The van der Waals surface area contributed by atoms with Crippen molar-refractivity contribution in [2.24, 2.45) is 5.73 Å². The molecule has 76 valence electrons. The van der Waals surface area contributed by atoms with Gasteiger partial charge in [0.05, 0.1) is 4.92 Å². The summed E-state index contributed by atoms with van der Waals surface area (Å²) in [6.07, 6.45) is 0. The highest BCUT2D eigenvalue weighted by molar-refractivity contribution is 5.61. The second-order valence-corrected chi connectivity index (χ2v) is 2.61. The van der Waals surface area contributed by atoms with Gasteiger partial charge in [-0.3, -0.25) is 10.1 Å². The average molecular weight is 199 g/mol. The maximum atomic E-state index is 13.0. The molecule has 0 bridgehead atoms. The Morgan fingerprint density at radius 3 is 2.86 bits per heavy atom. The summed E-state index contributed by atoms with van der Waals surface area (Å²) in [6.45, 7) is 0.692. The fraction of sp³-hybridized carbons (Fsp3) is 0.250. The smallest absolute Gasteiger partial charge is 0.327 e. The highest BCUT2D eigenvalue weighted by Crippen LogP contribution is 2.26. The molecule has 1 aromatic carbocycles. The van der Waals surface area contributed by atoms with E-state index in [1.165, 1.54) is 12.1 Å². The van der Waals surface area contributed by atoms with Crippen LogP contribution in [0.15, 0.2) is 18.2 Å². The number of hydrogen-bond donors (Lipinski definition) is 2. The van der Waals surface area contributed by atoms with Crippen molar-refractivity contribution in [2.45, 2.75) is 0 Å². The molecule has 0 spiro atoms. The van der Waals surface area contributed by atoms with E-state index in [1.807, 2.05) is 0 Å². The van der Waals surface area contributed by atoms with Crippen molar-refractivity contribution >= 4 is 11.4 Å². The van der Waals surface area contributed by atoms with E-state index < -0.39 is 16.4 Å². The van der Waals surface area contributed by atoms with Crippen LogP contribution in [0.3, 0.4) is 0 Å². The molecule has 1 rings (SSSR count). The highest BCUT2D eigenvalue weighted by Gasteiger charge is 2.18. The number of hydrogen-bond acceptors (Lipinski definition) is 4. The zero-order chi connectivity index (χ0) is 10.6. The number of nitrogens with two attached hydrogens (primary N) is 1. The number of anilines is 1. The van der Waals surface area contributed by atoms with Gasteiger partial charge in [0.1, 0.15) is 5.69 Å². The number of nitrogens with zero attached hydrogens (tertiary/aromatic N) is 1. The number of halogens is 1. The van der Waals surface area contributed by atoms with Crippen LogP contribution in [0, 0.1) is 15.9 Å². The largest absolute Gasteiger partial charge is 0.378 e. The first-order chi connectivity index (χ1) is 6.66. The quantitative estimate of drug-likeness (QED) is 0.562. The van der Waals surface area contributed by atoms with Crippen LogP contribution in [-0.2, 0) is 0 Å². The van der Waals surface area contributed by atoms with Crippen molar-refractivity contribution in [2.75, 3.05) is 18.4 Å². The third-order valence-electron chi connectivity index (χ3n) is 1.63. The molecule has 0 aliphatic heterocycles. The molecule has 0 heterocycles. The predicted octanol–water partition coefficient (Wildman–Crippen LogP) is 1.10. The van der Waals surface area contributed by atoms with E-state index in [4.69, 9.17) is 5.73 Å². The van der Waals surface area contributed by atoms with Crippen LogP contribution >= 0.6 is 0 Å². The van der Waals surface area contributed by atoms with E-state index in [1.54, 1.807) is 0 Å². The number of para-hydroxylation sites is 1. The van der Waals surface area contributed by atoms with Gasteiger partial charge in [0.25, 0.3) is 0 Å². The van der Waals surface area contributed by atoms with E-state index >= 15 is 0 Å². The van der Waals surface area contributed by atoms with Gasteiger partial charge in [-0.2, -0.15) is 4.39 Å². The van der Waals surface area contributed by atoms with Crippen LogP contribution in [-0.4, -0.2) is 18.0 Å². The molecule has 0 amide bonds. The van der Waals surface area contributed by atoms with Gasteiger partial charge in [0.2, 0.25) is 5.82 Å². The van der Waals surface area contributed by atoms with Crippen molar-refractivity contribution in [1.82, 2.24) is 0 Å². The van der Waals surface area contributed by atoms with E-state index in [-0.39, 0.29) is 5.69 Å². The minimum atomic E-state index is -0.850. The summed E-state index contributed by atoms with van der Waals surface area (Å²) in [5.41, 5.74) is 4.83. The van der Waals surface area contributed by atoms with Crippen LogP contribution in [0.4, 0.5) is 15.8 Å². The minimum Gasteiger partial charge on any atom is -0.378 e. The third-order valence-corrected chi connectivity index (χ3v) is 1.63. The van der Waals surface area contributed by atoms with Crippen molar-refractivity contribution < 1.29 is 9.31 Å². The molecule has 0 radical (unpaired) electrons. The number of rotatable bonds is 4. The van der Waals surface area contributed by atoms with E-state index in [0.717, 1.165) is 6.07 Å². The van der Waals surface area contributed by atoms with E-state index in [2.05, 4.69) is 5.32 Å². The highest BCUT2D eigenvalue weighted by atomic mass is 19.1. The van der Waals surface area contributed by atoms with Crippen LogP contribution in [0.25, 0.3) is 0 Å². The molecular formula is C8H10FN3O2. The molecule has 6 heteroatoms. The Morgan fingerprint density at radius 2 is 2.29 bits per heavy atom. The predicted molar refractivity (Wildman–Crippen MR) is 50.6 cm³/mol. The molecule has 0 fully saturated rings. The summed E-state index contributed by atoms with van der Waals surface area (Å²) < 4.78 is 13.0. The number of nitro benzene ring substituents is 1. The van der Waals surface area contributed by atoms with Gasteiger partial charge in [-0.1, -0.05) is 6.07 Å². The molecule has 0 atom stereocenters. The molecule has 0 unspecified atom stereocenters. The second-order valence-electron chi connectivity index (χ2n) is 2.61. The van der Waals surface area contributed by atoms with Gasteiger partial charge in [-0.15, -0.1) is 0 Å². The first-order valence-electron chi connectivity index (χ1n) is 4.03. The molecule has 5 nitrogen and oxygen atoms in total. The van der Waals surface area contributed by atoms with E-state index in [0.29, 0.717) is 13.1 Å². The molecule has 0 aliphatic rings. The Kier molecular flexibility index (Phi) is 3.35. The van der Waals surface area contributed by atoms with Crippen LogP contribution in [0.1, 0.15) is 0 Å². The fourth-order valence-electron chi connectivity index (χ4n) is 1.05. The zero-order valence-electron chi connectivity index (χ0n) is 7.37. The summed E-state index contributed by atoms with van der Waals surface area (Å²) in [5.74, 6) is -0.850. The summed E-state index contributed by atoms with van der Waals surface area (Å²) in [7, 11) is 0. The number of benzene rings is 1. The molecule has 0 saturated heterocycles. The molecule has 14 heavy (non-hydrogen) atoms. The first-order valence-corrected chi connectivity index (χ1v) is 4.03. The molecule has 0 aliphatic carbocycles. The van der Waals surface area contributed by atoms with E-state index in [9.17, 15) is 14.5 Å². The first kappa shape index (κ1) is 10.4. The Morgan fingerprint density at radius 1 is 1.57 bits per heavy atom. The van der Waals surface area contributed by atoms with Gasteiger partial charge in [0, 0.05) is 13.1 Å². The number of nitro groups is 1. The zero-order valence-corrected chi connectivity index (χ0v) is 7.37. The minimum absolute atomic E-state index is 0.153. The maximum Gasteiger partial charge on any atom is 0.327 e. The normalized spacial score (nSPS) is 9.86. The van der Waals surface area contributed by atoms with Gasteiger partial charge < -0.3 is 11.1 Å². The monoisotopic (exact) mass is 199 g/mol. The van der Waals surface area contributed by atoms with Gasteiger partial charge in [0.15, 0.2) is 0 Å². The second kappa shape index (κ2) is 4.52. The Bertz CT molecular complexity index is 343. The van der Waals surface area contributed by atoms with Crippen molar-refractivity contribution in [1.29, 1.82) is 0 Å². The summed E-state index contributed by atoms with van der Waals surface area (Å²) in [5, 5.41) is 13.2. The van der Waals surface area contributed by atoms with Crippen LogP contribution in [0.5, 0.6) is 0 Å². The summed E-state index contributed by atoms with van der Waals surface area (Å²) in [4.78, 5) is 9.74. The van der Waals surface area contributed by atoms with Crippen molar-refractivity contribution in [3.8, 4) is 0 Å². The van der Waals surface area contributed by atoms with Crippen molar-refractivity contribution in [3.63, 3.8) is 0 Å². The van der Waals surface area contributed by atoms with Crippen LogP contribution in [0.2, 0.25) is 0 Å². The fourth-order valence-corrected chi connectivity index (χ4v) is 1.05. The Balaban J connectivity index is 3.02. The number of nitrogens with one attached hydrogen (secondary N) is 1. The molecule has 0 aromatic heterocycles. The third kappa shape index (κ3) is 2.17. The molecule has 3 N–H and O–H groups in total. The van der Waals surface area contributed by atoms with Crippen molar-refractivity contribution in [3.05, 3.63) is 34.1 Å². The lowest BCUT2D eigenvalue weighted by Crippen LogP contribution is -2.14. The van der Waals surface area contributed by atoms with Gasteiger partial charge >= 0.3 is 5.69 Å². The van der Waals surface area contributed by atoms with Gasteiger partial charge in [-0.05, 0) is 12.1 Å². The summed E-state index contributed by atoms with van der Waals surface area (Å²) in [6, 6.07) is 3.89. The van der Waals surface area contributed by atoms with Gasteiger partial charge in [-0.25, -0.2) is 0 Å². The molecule has 0 saturated carbocycles. The maximum absolute atomic E-state index is 13.0. The molecular weight excluding hydrogens is 189 g/mol. The Hall–Kier alpha value is -1.69.